The Labute approximate surface area is 185 Å². The maximum Gasteiger partial charge on any atom is 0.261 e. The highest BCUT2D eigenvalue weighted by atomic mass is 16.5. The summed E-state index contributed by atoms with van der Waals surface area (Å²) in [5.74, 6) is 1.03. The van der Waals surface area contributed by atoms with Gasteiger partial charge in [-0.15, -0.1) is 0 Å². The fourth-order valence-electron chi connectivity index (χ4n) is 4.24. The van der Waals surface area contributed by atoms with Gasteiger partial charge in [0.25, 0.3) is 5.91 Å². The quantitative estimate of drug-likeness (QED) is 0.507. The first kappa shape index (κ1) is 20.2. The second-order valence-electron chi connectivity index (χ2n) is 8.68. The molecule has 1 amide bonds. The van der Waals surface area contributed by atoms with Crippen molar-refractivity contribution in [2.24, 2.45) is 0 Å². The van der Waals surface area contributed by atoms with Crippen LogP contribution in [0.5, 0.6) is 0 Å². The van der Waals surface area contributed by atoms with E-state index in [4.69, 9.17) is 4.52 Å². The average molecular weight is 428 g/mol. The topological polar surface area (TPSA) is 90.0 Å². The van der Waals surface area contributed by atoms with Crippen LogP contribution in [0, 0.1) is 0 Å². The van der Waals surface area contributed by atoms with Crippen LogP contribution in [-0.4, -0.2) is 20.6 Å². The normalized spacial score (nSPS) is 14.9. The molecule has 1 aliphatic rings. The van der Waals surface area contributed by atoms with Crippen molar-refractivity contribution >= 4 is 22.5 Å². The number of amides is 1. The monoisotopic (exact) mass is 428 g/mol. The van der Waals surface area contributed by atoms with Crippen LogP contribution in [0.4, 0.5) is 5.69 Å². The molecular formula is C25H24N4O3. The lowest BCUT2D eigenvalue weighted by Crippen LogP contribution is -2.23. The van der Waals surface area contributed by atoms with Gasteiger partial charge in [0.1, 0.15) is 5.56 Å². The van der Waals surface area contributed by atoms with Gasteiger partial charge in [-0.05, 0) is 42.7 Å². The summed E-state index contributed by atoms with van der Waals surface area (Å²) in [5, 5.41) is 7.46. The molecule has 32 heavy (non-hydrogen) atoms. The minimum absolute atomic E-state index is 0.153. The molecule has 0 aliphatic carbocycles. The van der Waals surface area contributed by atoms with Crippen LogP contribution in [0.3, 0.4) is 0 Å². The number of nitrogens with one attached hydrogen (secondary N) is 1. The maximum atomic E-state index is 13.0. The molecule has 1 N–H and O–H groups in total. The number of hydrogen-bond acceptors (Lipinski definition) is 5. The molecule has 0 radical (unpaired) electrons. The van der Waals surface area contributed by atoms with Crippen molar-refractivity contribution in [2.75, 3.05) is 5.32 Å². The number of para-hydroxylation sites is 1. The number of benzene rings is 2. The molecule has 5 rings (SSSR count). The van der Waals surface area contributed by atoms with Crippen molar-refractivity contribution < 1.29 is 9.32 Å². The SMILES string of the molecule is CC(C)c1nc(Cc2ccc(NC(=O)c3cn4c5c(cccc5c3=O)CC4C)cc2)no1. The van der Waals surface area contributed by atoms with Crippen LogP contribution >= 0.6 is 0 Å². The summed E-state index contributed by atoms with van der Waals surface area (Å²) in [6.45, 7) is 6.10. The van der Waals surface area contributed by atoms with Crippen molar-refractivity contribution in [2.45, 2.75) is 45.6 Å². The molecule has 3 heterocycles. The molecule has 2 aromatic heterocycles. The van der Waals surface area contributed by atoms with Gasteiger partial charge in [0.2, 0.25) is 11.3 Å². The number of carbonyl (C=O) groups is 1. The lowest BCUT2D eigenvalue weighted by atomic mass is 10.1. The second kappa shape index (κ2) is 7.75. The van der Waals surface area contributed by atoms with Crippen molar-refractivity contribution in [3.63, 3.8) is 0 Å². The van der Waals surface area contributed by atoms with Crippen LogP contribution in [-0.2, 0) is 12.8 Å². The zero-order valence-electron chi connectivity index (χ0n) is 18.3. The molecular weight excluding hydrogens is 404 g/mol. The van der Waals surface area contributed by atoms with E-state index in [2.05, 4.69) is 22.4 Å². The number of carbonyl (C=O) groups excluding carboxylic acids is 1. The highest BCUT2D eigenvalue weighted by Crippen LogP contribution is 2.31. The van der Waals surface area contributed by atoms with Crippen LogP contribution < -0.4 is 10.7 Å². The van der Waals surface area contributed by atoms with E-state index in [1.165, 1.54) is 0 Å². The van der Waals surface area contributed by atoms with Gasteiger partial charge in [-0.25, -0.2) is 0 Å². The summed E-state index contributed by atoms with van der Waals surface area (Å²) in [4.78, 5) is 30.4. The molecule has 0 saturated carbocycles. The minimum atomic E-state index is -0.405. The number of anilines is 1. The maximum absolute atomic E-state index is 13.0. The number of aromatic nitrogens is 3. The molecule has 0 fully saturated rings. The van der Waals surface area contributed by atoms with Crippen LogP contribution in [0.2, 0.25) is 0 Å². The van der Waals surface area contributed by atoms with Crippen LogP contribution in [0.1, 0.15) is 65.9 Å². The average Bonchev–Trinajstić information content (AvgIpc) is 3.37. The molecule has 0 spiro atoms. The molecule has 7 nitrogen and oxygen atoms in total. The van der Waals surface area contributed by atoms with E-state index in [1.807, 2.05) is 54.8 Å². The smallest absolute Gasteiger partial charge is 0.261 e. The Bertz CT molecular complexity index is 1380. The number of nitrogens with zero attached hydrogens (tertiary/aromatic N) is 3. The fourth-order valence-corrected chi connectivity index (χ4v) is 4.24. The van der Waals surface area contributed by atoms with E-state index in [0.717, 1.165) is 23.1 Å². The van der Waals surface area contributed by atoms with Gasteiger partial charge in [-0.2, -0.15) is 4.98 Å². The Morgan fingerprint density at radius 2 is 2.00 bits per heavy atom. The predicted octanol–water partition coefficient (Wildman–Crippen LogP) is 4.47. The highest BCUT2D eigenvalue weighted by molar-refractivity contribution is 6.06. The summed E-state index contributed by atoms with van der Waals surface area (Å²) in [7, 11) is 0. The highest BCUT2D eigenvalue weighted by Gasteiger charge is 2.24. The Balaban J connectivity index is 1.36. The Morgan fingerprint density at radius 1 is 1.22 bits per heavy atom. The van der Waals surface area contributed by atoms with Gasteiger partial charge in [-0.1, -0.05) is 43.3 Å². The zero-order valence-corrected chi connectivity index (χ0v) is 18.3. The van der Waals surface area contributed by atoms with Gasteiger partial charge < -0.3 is 14.4 Å². The van der Waals surface area contributed by atoms with Crippen molar-refractivity contribution in [1.82, 2.24) is 14.7 Å². The van der Waals surface area contributed by atoms with Crippen molar-refractivity contribution in [1.29, 1.82) is 0 Å². The van der Waals surface area contributed by atoms with E-state index in [1.54, 1.807) is 12.3 Å². The van der Waals surface area contributed by atoms with Gasteiger partial charge in [0.15, 0.2) is 5.82 Å². The Kier molecular flexibility index (Phi) is 4.89. The zero-order chi connectivity index (χ0) is 22.4. The van der Waals surface area contributed by atoms with Crippen molar-refractivity contribution in [3.05, 3.63) is 87.3 Å². The minimum Gasteiger partial charge on any atom is -0.343 e. The number of rotatable bonds is 5. The Hall–Kier alpha value is -3.74. The lowest BCUT2D eigenvalue weighted by Gasteiger charge is -2.13. The molecule has 2 aromatic carbocycles. The summed E-state index contributed by atoms with van der Waals surface area (Å²) in [6, 6.07) is 13.4. The fraction of sp³-hybridized carbons (Fsp3) is 0.280. The molecule has 1 aliphatic heterocycles. The first-order chi connectivity index (χ1) is 15.4. The van der Waals surface area contributed by atoms with Gasteiger partial charge in [0, 0.05) is 35.7 Å². The predicted molar refractivity (Wildman–Crippen MR) is 122 cm³/mol. The third-order valence-electron chi connectivity index (χ3n) is 5.92. The summed E-state index contributed by atoms with van der Waals surface area (Å²) in [5.41, 5.74) is 3.63. The largest absolute Gasteiger partial charge is 0.343 e. The molecule has 162 valence electrons. The van der Waals surface area contributed by atoms with Gasteiger partial charge in [0.05, 0.1) is 5.52 Å². The van der Waals surface area contributed by atoms with Gasteiger partial charge >= 0.3 is 0 Å². The summed E-state index contributed by atoms with van der Waals surface area (Å²) in [6.07, 6.45) is 3.10. The van der Waals surface area contributed by atoms with Crippen LogP contribution in [0.15, 0.2) is 58.0 Å². The summed E-state index contributed by atoms with van der Waals surface area (Å²) < 4.78 is 7.29. The lowest BCUT2D eigenvalue weighted by molar-refractivity contribution is 0.102. The second-order valence-corrected chi connectivity index (χ2v) is 8.68. The molecule has 7 heteroatoms. The molecule has 0 saturated heterocycles. The van der Waals surface area contributed by atoms with E-state index in [-0.39, 0.29) is 23.0 Å². The van der Waals surface area contributed by atoms with Crippen molar-refractivity contribution in [3.8, 4) is 0 Å². The van der Waals surface area contributed by atoms with E-state index >= 15 is 0 Å². The third-order valence-corrected chi connectivity index (χ3v) is 5.92. The van der Waals surface area contributed by atoms with E-state index in [9.17, 15) is 9.59 Å². The van der Waals surface area contributed by atoms with E-state index < -0.39 is 5.91 Å². The first-order valence-electron chi connectivity index (χ1n) is 10.8. The van der Waals surface area contributed by atoms with Gasteiger partial charge in [-0.3, -0.25) is 9.59 Å². The molecule has 1 unspecified atom stereocenters. The molecule has 0 bridgehead atoms. The first-order valence-corrected chi connectivity index (χ1v) is 10.8. The van der Waals surface area contributed by atoms with Crippen LogP contribution in [0.25, 0.3) is 10.9 Å². The number of pyridine rings is 1. The number of hydrogen-bond donors (Lipinski definition) is 1. The van der Waals surface area contributed by atoms with E-state index in [0.29, 0.717) is 29.2 Å². The molecule has 4 aromatic rings. The summed E-state index contributed by atoms with van der Waals surface area (Å²) >= 11 is 0. The Morgan fingerprint density at radius 3 is 2.72 bits per heavy atom. The standard InChI is InChI=1S/C25H24N4O3/c1-14(2)25-27-21(28-32-25)12-16-7-9-18(10-8-16)26-24(31)20-13-29-15(3)11-17-5-4-6-19(22(17)29)23(20)30/h4-10,13-15H,11-12H2,1-3H3,(H,26,31). The third kappa shape index (κ3) is 3.49. The molecule has 1 atom stereocenters.